The lowest BCUT2D eigenvalue weighted by atomic mass is 10.1. The number of hydrogen-bond acceptors (Lipinski definition) is 6. The van der Waals surface area contributed by atoms with Gasteiger partial charge in [-0.05, 0) is 44.4 Å². The molecular formula is C15H18NO4S2-. The highest BCUT2D eigenvalue weighted by Crippen LogP contribution is 2.16. The van der Waals surface area contributed by atoms with E-state index in [0.717, 1.165) is 11.3 Å². The van der Waals surface area contributed by atoms with Crippen molar-refractivity contribution in [2.24, 2.45) is 0 Å². The van der Waals surface area contributed by atoms with Crippen LogP contribution in [-0.2, 0) is 4.79 Å². The second kappa shape index (κ2) is 8.22. The minimum Gasteiger partial charge on any atom is -0.548 e. The summed E-state index contributed by atoms with van der Waals surface area (Å²) in [5, 5.41) is 23.0. The Morgan fingerprint density at radius 2 is 2.18 bits per heavy atom. The third-order valence-electron chi connectivity index (χ3n) is 2.52. The van der Waals surface area contributed by atoms with Gasteiger partial charge in [0.15, 0.2) is 0 Å². The van der Waals surface area contributed by atoms with Gasteiger partial charge in [0.1, 0.15) is 5.60 Å². The number of carbonyl (C=O) groups is 2. The molecule has 0 aliphatic heterocycles. The normalized spacial score (nSPS) is 12.2. The molecule has 1 rings (SSSR count). The molecule has 0 radical (unpaired) electrons. The van der Waals surface area contributed by atoms with Crippen molar-refractivity contribution in [3.05, 3.63) is 21.9 Å². The Morgan fingerprint density at radius 3 is 2.73 bits per heavy atom. The van der Waals surface area contributed by atoms with Crippen LogP contribution in [0, 0.1) is 11.8 Å². The molecule has 0 saturated heterocycles. The molecular weight excluding hydrogens is 322 g/mol. The van der Waals surface area contributed by atoms with E-state index in [1.165, 1.54) is 11.8 Å². The first-order valence-corrected chi connectivity index (χ1v) is 8.80. The minimum absolute atomic E-state index is 0.311. The highest BCUT2D eigenvalue weighted by Gasteiger charge is 2.16. The van der Waals surface area contributed by atoms with E-state index in [2.05, 4.69) is 17.2 Å². The van der Waals surface area contributed by atoms with Crippen molar-refractivity contribution in [2.45, 2.75) is 31.9 Å². The summed E-state index contributed by atoms with van der Waals surface area (Å²) in [6, 6.07) is 2.23. The Bertz CT molecular complexity index is 593. The van der Waals surface area contributed by atoms with Gasteiger partial charge in [0.25, 0.3) is 5.91 Å². The van der Waals surface area contributed by atoms with Gasteiger partial charge in [0, 0.05) is 0 Å². The second-order valence-corrected chi connectivity index (χ2v) is 7.17. The maximum Gasteiger partial charge on any atom is 0.261 e. The van der Waals surface area contributed by atoms with Gasteiger partial charge < -0.3 is 20.3 Å². The van der Waals surface area contributed by atoms with E-state index >= 15 is 0 Å². The summed E-state index contributed by atoms with van der Waals surface area (Å²) in [5.41, 5.74) is -1.11. The molecule has 1 aromatic heterocycles. The van der Waals surface area contributed by atoms with Crippen molar-refractivity contribution in [2.75, 3.05) is 12.0 Å². The molecule has 1 atom stereocenters. The highest BCUT2D eigenvalue weighted by atomic mass is 32.2. The van der Waals surface area contributed by atoms with Crippen LogP contribution in [-0.4, -0.2) is 40.6 Å². The number of nitrogens with one attached hydrogen (secondary N) is 1. The number of hydrogen-bond donors (Lipinski definition) is 2. The third kappa shape index (κ3) is 6.52. The molecule has 0 aliphatic rings. The fourth-order valence-corrected chi connectivity index (χ4v) is 2.69. The van der Waals surface area contributed by atoms with Crippen LogP contribution in [0.15, 0.2) is 12.1 Å². The van der Waals surface area contributed by atoms with Crippen molar-refractivity contribution in [1.29, 1.82) is 0 Å². The Labute approximate surface area is 138 Å². The zero-order chi connectivity index (χ0) is 16.8. The van der Waals surface area contributed by atoms with E-state index in [-0.39, 0.29) is 0 Å². The first-order valence-electron chi connectivity index (χ1n) is 6.59. The Morgan fingerprint density at radius 1 is 1.50 bits per heavy atom. The van der Waals surface area contributed by atoms with Gasteiger partial charge in [-0.3, -0.25) is 4.79 Å². The van der Waals surface area contributed by atoms with Crippen LogP contribution in [0.2, 0.25) is 0 Å². The molecule has 22 heavy (non-hydrogen) atoms. The fraction of sp³-hybridized carbons (Fsp3) is 0.467. The zero-order valence-corrected chi connectivity index (χ0v) is 14.3. The zero-order valence-electron chi connectivity index (χ0n) is 12.6. The molecule has 120 valence electrons. The minimum atomic E-state index is -1.29. The number of rotatable bonds is 6. The maximum absolute atomic E-state index is 12.0. The summed E-state index contributed by atoms with van der Waals surface area (Å²) in [4.78, 5) is 24.0. The SMILES string of the molecule is CSCC[C@H](NC(=O)c1ccc(C#CC(C)(C)O)s1)C(=O)[O-]. The van der Waals surface area contributed by atoms with Gasteiger partial charge >= 0.3 is 0 Å². The lowest BCUT2D eigenvalue weighted by Gasteiger charge is -2.18. The maximum atomic E-state index is 12.0. The molecule has 1 aromatic rings. The van der Waals surface area contributed by atoms with Crippen LogP contribution < -0.4 is 10.4 Å². The highest BCUT2D eigenvalue weighted by molar-refractivity contribution is 7.98. The molecule has 0 aromatic carbocycles. The third-order valence-corrected chi connectivity index (χ3v) is 4.17. The number of aliphatic hydroxyl groups is 1. The van der Waals surface area contributed by atoms with E-state index < -0.39 is 23.5 Å². The molecule has 0 aliphatic carbocycles. The standard InChI is InChI=1S/C15H19NO4S2/c1-15(2,20)8-6-10-4-5-12(22-10)13(17)16-11(14(18)19)7-9-21-3/h4-5,11,20H,7,9H2,1-3H3,(H,16,17)(H,18,19)/p-1/t11-/m0/s1. The summed E-state index contributed by atoms with van der Waals surface area (Å²) in [6.45, 7) is 3.13. The van der Waals surface area contributed by atoms with Gasteiger partial charge in [0.05, 0.1) is 21.8 Å². The smallest absolute Gasteiger partial charge is 0.261 e. The Hall–Kier alpha value is -1.49. The molecule has 0 unspecified atom stereocenters. The number of thiophene rings is 1. The summed E-state index contributed by atoms with van der Waals surface area (Å²) in [5.74, 6) is 4.30. The first kappa shape index (κ1) is 18.6. The largest absolute Gasteiger partial charge is 0.548 e. The molecule has 0 spiro atoms. The lowest BCUT2D eigenvalue weighted by molar-refractivity contribution is -0.308. The second-order valence-electron chi connectivity index (χ2n) is 5.10. The predicted molar refractivity (Wildman–Crippen MR) is 86.8 cm³/mol. The average molecular weight is 340 g/mol. The molecule has 0 saturated carbocycles. The number of carbonyl (C=O) groups excluding carboxylic acids is 2. The van der Waals surface area contributed by atoms with Crippen molar-refractivity contribution in [3.63, 3.8) is 0 Å². The van der Waals surface area contributed by atoms with Crippen LogP contribution in [0.1, 0.15) is 34.8 Å². The average Bonchev–Trinajstić information content (AvgIpc) is 2.89. The van der Waals surface area contributed by atoms with Crippen molar-refractivity contribution in [1.82, 2.24) is 5.32 Å². The number of carboxylic acids is 1. The fourth-order valence-electron chi connectivity index (χ4n) is 1.46. The molecule has 1 heterocycles. The molecule has 0 bridgehead atoms. The quantitative estimate of drug-likeness (QED) is 0.735. The van der Waals surface area contributed by atoms with Crippen molar-refractivity contribution in [3.8, 4) is 11.8 Å². The first-order chi connectivity index (χ1) is 10.2. The van der Waals surface area contributed by atoms with Gasteiger partial charge in [0.2, 0.25) is 0 Å². The topological polar surface area (TPSA) is 89.5 Å². The predicted octanol–water partition coefficient (Wildman–Crippen LogP) is 0.472. The molecule has 1 amide bonds. The van der Waals surface area contributed by atoms with E-state index in [0.29, 0.717) is 21.9 Å². The van der Waals surface area contributed by atoms with Crippen LogP contribution >= 0.6 is 23.1 Å². The molecule has 2 N–H and O–H groups in total. The van der Waals surface area contributed by atoms with E-state index in [1.54, 1.807) is 26.0 Å². The lowest BCUT2D eigenvalue weighted by Crippen LogP contribution is -2.48. The summed E-state index contributed by atoms with van der Waals surface area (Å²) in [7, 11) is 0. The van der Waals surface area contributed by atoms with Crippen LogP contribution in [0.4, 0.5) is 0 Å². The van der Waals surface area contributed by atoms with Crippen molar-refractivity contribution < 1.29 is 19.8 Å². The summed E-state index contributed by atoms with van der Waals surface area (Å²) in [6.07, 6.45) is 2.17. The summed E-state index contributed by atoms with van der Waals surface area (Å²) >= 11 is 2.65. The van der Waals surface area contributed by atoms with E-state index in [9.17, 15) is 19.8 Å². The van der Waals surface area contributed by atoms with Crippen LogP contribution in [0.3, 0.4) is 0 Å². The molecule has 7 heteroatoms. The van der Waals surface area contributed by atoms with Crippen LogP contribution in [0.5, 0.6) is 0 Å². The van der Waals surface area contributed by atoms with E-state index in [1.807, 2.05) is 6.26 Å². The summed E-state index contributed by atoms with van der Waals surface area (Å²) < 4.78 is 0. The monoisotopic (exact) mass is 340 g/mol. The van der Waals surface area contributed by atoms with Gasteiger partial charge in [-0.2, -0.15) is 11.8 Å². The van der Waals surface area contributed by atoms with E-state index in [4.69, 9.17) is 0 Å². The molecule has 5 nitrogen and oxygen atoms in total. The van der Waals surface area contributed by atoms with Gasteiger partial charge in [-0.15, -0.1) is 11.3 Å². The number of thioether (sulfide) groups is 1. The Kier molecular flexibility index (Phi) is 6.94. The van der Waals surface area contributed by atoms with Crippen LogP contribution in [0.25, 0.3) is 0 Å². The van der Waals surface area contributed by atoms with Gasteiger partial charge in [-0.25, -0.2) is 0 Å². The number of amides is 1. The number of aliphatic carboxylic acids is 1. The number of carboxylic acid groups (broad SMARTS) is 1. The molecule has 0 fully saturated rings. The van der Waals surface area contributed by atoms with Gasteiger partial charge in [-0.1, -0.05) is 11.8 Å². The van der Waals surface area contributed by atoms with Crippen molar-refractivity contribution >= 4 is 35.0 Å². The Balaban J connectivity index is 2.75.